The van der Waals surface area contributed by atoms with E-state index in [0.29, 0.717) is 49.6 Å². The number of benzene rings is 2. The van der Waals surface area contributed by atoms with Crippen LogP contribution in [0.5, 0.6) is 5.88 Å². The topological polar surface area (TPSA) is 65.2 Å². The van der Waals surface area contributed by atoms with Crippen LogP contribution >= 0.6 is 11.6 Å². The normalized spacial score (nSPS) is 11.7. The Bertz CT molecular complexity index is 1340. The lowest BCUT2D eigenvalue weighted by molar-refractivity contribution is -0.137. The van der Waals surface area contributed by atoms with Crippen LogP contribution < -0.4 is 4.74 Å². The molecule has 0 radical (unpaired) electrons. The zero-order chi connectivity index (χ0) is 23.9. The molecule has 0 atom stereocenters. The molecule has 0 spiro atoms. The number of carbonyl (C=O) groups is 1. The molecule has 2 heterocycles. The fourth-order valence-electron chi connectivity index (χ4n) is 3.67. The predicted molar refractivity (Wildman–Crippen MR) is 117 cm³/mol. The third-order valence-corrected chi connectivity index (χ3v) is 5.79. The smallest absolute Gasteiger partial charge is 0.416 e. The van der Waals surface area contributed by atoms with E-state index in [1.165, 1.54) is 19.2 Å². The number of carbonyl (C=O) groups excluding carboxylic acids is 1. The van der Waals surface area contributed by atoms with E-state index in [-0.39, 0.29) is 18.1 Å². The van der Waals surface area contributed by atoms with Gasteiger partial charge < -0.3 is 9.26 Å². The maximum atomic E-state index is 13.0. The molecular formula is C24H18ClF3N2O3. The molecule has 0 aliphatic carbocycles. The summed E-state index contributed by atoms with van der Waals surface area (Å²) >= 11 is 6.70. The highest BCUT2D eigenvalue weighted by atomic mass is 35.5. The Morgan fingerprint density at radius 1 is 1.12 bits per heavy atom. The number of pyridine rings is 1. The van der Waals surface area contributed by atoms with Gasteiger partial charge in [0.05, 0.1) is 34.5 Å². The van der Waals surface area contributed by atoms with E-state index < -0.39 is 11.7 Å². The number of aryl methyl sites for hydroxylation is 2. The molecule has 0 saturated heterocycles. The van der Waals surface area contributed by atoms with Crippen LogP contribution in [0, 0.1) is 13.8 Å². The number of rotatable bonds is 5. The number of halogens is 4. The van der Waals surface area contributed by atoms with Crippen molar-refractivity contribution in [3.8, 4) is 5.88 Å². The monoisotopic (exact) mass is 474 g/mol. The minimum absolute atomic E-state index is 0.200. The van der Waals surface area contributed by atoms with E-state index in [9.17, 15) is 18.0 Å². The lowest BCUT2D eigenvalue weighted by atomic mass is 9.98. The molecule has 0 amide bonds. The molecule has 170 valence electrons. The summed E-state index contributed by atoms with van der Waals surface area (Å²) in [4.78, 5) is 17.5. The highest BCUT2D eigenvalue weighted by molar-refractivity contribution is 6.36. The Kier molecular flexibility index (Phi) is 5.88. The summed E-state index contributed by atoms with van der Waals surface area (Å²) in [5.74, 6) is 0.418. The van der Waals surface area contributed by atoms with Gasteiger partial charge in [-0.3, -0.25) is 4.79 Å². The van der Waals surface area contributed by atoms with Crippen LogP contribution in [0.1, 0.15) is 44.1 Å². The van der Waals surface area contributed by atoms with Gasteiger partial charge in [0.2, 0.25) is 5.88 Å². The summed E-state index contributed by atoms with van der Waals surface area (Å²) < 4.78 is 49.1. The lowest BCUT2D eigenvalue weighted by Gasteiger charge is -2.14. The molecule has 4 aromatic rings. The van der Waals surface area contributed by atoms with Crippen molar-refractivity contribution in [3.05, 3.63) is 86.8 Å². The summed E-state index contributed by atoms with van der Waals surface area (Å²) in [5.41, 5.74) is 2.15. The average molecular weight is 475 g/mol. The molecule has 2 aromatic heterocycles. The Labute approximate surface area is 192 Å². The number of fused-ring (bicyclic) bond motifs is 1. The molecule has 0 unspecified atom stereocenters. The van der Waals surface area contributed by atoms with Crippen LogP contribution in [-0.4, -0.2) is 23.0 Å². The Hall–Kier alpha value is -3.39. The number of aromatic nitrogens is 2. The number of nitrogens with zero attached hydrogens (tertiary/aromatic N) is 2. The number of hydrogen-bond donors (Lipinski definition) is 0. The van der Waals surface area contributed by atoms with Gasteiger partial charge in [-0.25, -0.2) is 4.98 Å². The average Bonchev–Trinajstić information content (AvgIpc) is 3.12. The molecule has 9 heteroatoms. The van der Waals surface area contributed by atoms with E-state index in [0.717, 1.165) is 12.1 Å². The summed E-state index contributed by atoms with van der Waals surface area (Å²) in [6, 6.07) is 9.75. The molecule has 0 saturated carbocycles. The van der Waals surface area contributed by atoms with Crippen LogP contribution in [-0.2, 0) is 12.6 Å². The van der Waals surface area contributed by atoms with Gasteiger partial charge in [-0.2, -0.15) is 13.2 Å². The number of ether oxygens (including phenoxy) is 1. The Balaban J connectivity index is 1.77. The quantitative estimate of drug-likeness (QED) is 0.316. The van der Waals surface area contributed by atoms with E-state index >= 15 is 0 Å². The second-order valence-corrected chi connectivity index (χ2v) is 7.92. The van der Waals surface area contributed by atoms with E-state index in [2.05, 4.69) is 10.1 Å². The first-order valence-corrected chi connectivity index (χ1v) is 10.3. The molecule has 0 aliphatic heterocycles. The van der Waals surface area contributed by atoms with Gasteiger partial charge in [-0.1, -0.05) is 28.9 Å². The standard InChI is InChI=1S/C24H18ClF3N2O3/c1-12-20(13(2)33-30-12)22(31)15-6-9-19-17(11-15)21(25)18(23(29-19)32-3)10-14-4-7-16(8-5-14)24(26,27)28/h4-9,11H,10H2,1-3H3. The molecule has 0 bridgehead atoms. The van der Waals surface area contributed by atoms with Crippen LogP contribution in [0.25, 0.3) is 10.9 Å². The van der Waals surface area contributed by atoms with E-state index in [1.54, 1.807) is 32.0 Å². The molecule has 4 rings (SSSR count). The van der Waals surface area contributed by atoms with Gasteiger partial charge in [0.1, 0.15) is 5.76 Å². The molecule has 5 nitrogen and oxygen atoms in total. The molecule has 0 aliphatic rings. The second-order valence-electron chi connectivity index (χ2n) is 7.55. The first kappa shape index (κ1) is 22.8. The van der Waals surface area contributed by atoms with Crippen LogP contribution in [0.2, 0.25) is 5.02 Å². The second kappa shape index (κ2) is 8.51. The number of methoxy groups -OCH3 is 1. The lowest BCUT2D eigenvalue weighted by Crippen LogP contribution is -2.06. The third-order valence-electron chi connectivity index (χ3n) is 5.36. The number of ketones is 1. The Morgan fingerprint density at radius 2 is 1.82 bits per heavy atom. The van der Waals surface area contributed by atoms with Gasteiger partial charge in [-0.05, 0) is 49.7 Å². The van der Waals surface area contributed by atoms with E-state index in [4.69, 9.17) is 20.9 Å². The summed E-state index contributed by atoms with van der Waals surface area (Å²) in [6.45, 7) is 3.35. The fraction of sp³-hybridized carbons (Fsp3) is 0.208. The molecular weight excluding hydrogens is 457 g/mol. The molecule has 0 fully saturated rings. The van der Waals surface area contributed by atoms with Crippen LogP contribution in [0.3, 0.4) is 0 Å². The van der Waals surface area contributed by atoms with Crippen molar-refractivity contribution in [2.75, 3.05) is 7.11 Å². The SMILES string of the molecule is COc1nc2ccc(C(=O)c3c(C)noc3C)cc2c(Cl)c1Cc1ccc(C(F)(F)F)cc1. The maximum absolute atomic E-state index is 13.0. The van der Waals surface area contributed by atoms with Crippen molar-refractivity contribution in [1.82, 2.24) is 10.1 Å². The van der Waals surface area contributed by atoms with E-state index in [1.807, 2.05) is 0 Å². The van der Waals surface area contributed by atoms with Crippen molar-refractivity contribution in [2.24, 2.45) is 0 Å². The molecule has 33 heavy (non-hydrogen) atoms. The molecule has 0 N–H and O–H groups in total. The van der Waals surface area contributed by atoms with Crippen molar-refractivity contribution in [3.63, 3.8) is 0 Å². The maximum Gasteiger partial charge on any atom is 0.416 e. The first-order valence-electron chi connectivity index (χ1n) is 9.90. The molecule has 2 aromatic carbocycles. The predicted octanol–water partition coefficient (Wildman–Crippen LogP) is 6.34. The van der Waals surface area contributed by atoms with Gasteiger partial charge >= 0.3 is 6.18 Å². The largest absolute Gasteiger partial charge is 0.481 e. The fourth-order valence-corrected chi connectivity index (χ4v) is 3.97. The first-order chi connectivity index (χ1) is 15.6. The number of alkyl halides is 3. The van der Waals surface area contributed by atoms with Crippen molar-refractivity contribution >= 4 is 28.3 Å². The highest BCUT2D eigenvalue weighted by Crippen LogP contribution is 2.36. The van der Waals surface area contributed by atoms with Gasteiger partial charge in [0.25, 0.3) is 0 Å². The van der Waals surface area contributed by atoms with Crippen molar-refractivity contribution < 1.29 is 27.2 Å². The zero-order valence-electron chi connectivity index (χ0n) is 17.9. The third kappa shape index (κ3) is 4.30. The Morgan fingerprint density at radius 3 is 2.39 bits per heavy atom. The van der Waals surface area contributed by atoms with Gasteiger partial charge in [0.15, 0.2) is 5.78 Å². The number of hydrogen-bond acceptors (Lipinski definition) is 5. The van der Waals surface area contributed by atoms with Crippen molar-refractivity contribution in [2.45, 2.75) is 26.4 Å². The van der Waals surface area contributed by atoms with Crippen LogP contribution in [0.4, 0.5) is 13.2 Å². The highest BCUT2D eigenvalue weighted by Gasteiger charge is 2.30. The van der Waals surface area contributed by atoms with Crippen LogP contribution in [0.15, 0.2) is 47.0 Å². The van der Waals surface area contributed by atoms with Crippen molar-refractivity contribution in [1.29, 1.82) is 0 Å². The summed E-state index contributed by atoms with van der Waals surface area (Å²) in [6.07, 6.45) is -4.21. The zero-order valence-corrected chi connectivity index (χ0v) is 18.6. The summed E-state index contributed by atoms with van der Waals surface area (Å²) in [7, 11) is 1.44. The minimum Gasteiger partial charge on any atom is -0.481 e. The minimum atomic E-state index is -4.41. The summed E-state index contributed by atoms with van der Waals surface area (Å²) in [5, 5.41) is 4.66. The van der Waals surface area contributed by atoms with Gasteiger partial charge in [0, 0.05) is 22.9 Å². The van der Waals surface area contributed by atoms with Gasteiger partial charge in [-0.15, -0.1) is 0 Å².